The number of carboxylic acids is 1. The zero-order chi connectivity index (χ0) is 22.9. The molecule has 11 nitrogen and oxygen atoms in total. The Morgan fingerprint density at radius 3 is 2.94 bits per heavy atom. The Morgan fingerprint density at radius 1 is 1.39 bits per heavy atom. The van der Waals surface area contributed by atoms with E-state index in [0.717, 1.165) is 43.1 Å². The predicted octanol–water partition coefficient (Wildman–Crippen LogP) is 2.01. The van der Waals surface area contributed by atoms with Crippen molar-refractivity contribution in [3.05, 3.63) is 39.9 Å². The van der Waals surface area contributed by atoms with Gasteiger partial charge in [0.2, 0.25) is 10.6 Å². The molecule has 2 fully saturated rings. The van der Waals surface area contributed by atoms with Crippen molar-refractivity contribution in [2.24, 2.45) is 5.16 Å². The van der Waals surface area contributed by atoms with Crippen LogP contribution in [0, 0.1) is 6.92 Å². The number of fused-ring (bicyclic) bond motifs is 1. The van der Waals surface area contributed by atoms with Crippen molar-refractivity contribution in [1.82, 2.24) is 18.9 Å². The molecule has 0 aromatic carbocycles. The summed E-state index contributed by atoms with van der Waals surface area (Å²) >= 11 is 1.09. The number of anilines is 1. The molecule has 0 spiro atoms. The molecule has 2 aliphatic heterocycles. The summed E-state index contributed by atoms with van der Waals surface area (Å²) in [5.74, 6) is -0.638. The number of ether oxygens (including phenoxy) is 1. The zero-order valence-corrected chi connectivity index (χ0v) is 18.7. The van der Waals surface area contributed by atoms with E-state index in [-0.39, 0.29) is 17.1 Å². The maximum absolute atomic E-state index is 12.9. The van der Waals surface area contributed by atoms with Gasteiger partial charge in [0.1, 0.15) is 24.3 Å². The average molecular weight is 471 g/mol. The molecule has 0 aliphatic carbocycles. The monoisotopic (exact) mass is 470 g/mol. The van der Waals surface area contributed by atoms with Gasteiger partial charge in [-0.3, -0.25) is 9.36 Å². The van der Waals surface area contributed by atoms with Crippen molar-refractivity contribution in [2.45, 2.75) is 32.3 Å². The Morgan fingerprint density at radius 2 is 2.24 bits per heavy atom. The number of aromatic carboxylic acids is 1. The van der Waals surface area contributed by atoms with E-state index in [9.17, 15) is 14.7 Å². The summed E-state index contributed by atoms with van der Waals surface area (Å²) < 4.78 is 11.1. The summed E-state index contributed by atoms with van der Waals surface area (Å²) in [7, 11) is 0. The quantitative estimate of drug-likeness (QED) is 0.537. The fourth-order valence-corrected chi connectivity index (χ4v) is 4.49. The van der Waals surface area contributed by atoms with Gasteiger partial charge in [-0.2, -0.15) is 4.37 Å². The normalized spacial score (nSPS) is 18.3. The number of aryl methyl sites for hydroxylation is 1. The molecule has 2 saturated heterocycles. The molecule has 33 heavy (non-hydrogen) atoms. The second-order valence-electron chi connectivity index (χ2n) is 8.06. The van der Waals surface area contributed by atoms with Gasteiger partial charge in [-0.15, -0.1) is 0 Å². The van der Waals surface area contributed by atoms with E-state index in [2.05, 4.69) is 19.5 Å². The molecular weight excluding hydrogens is 448 g/mol. The topological polar surface area (TPSA) is 132 Å². The van der Waals surface area contributed by atoms with Gasteiger partial charge in [-0.05, 0) is 37.8 Å². The van der Waals surface area contributed by atoms with Crippen LogP contribution in [0.2, 0.25) is 0 Å². The van der Waals surface area contributed by atoms with Gasteiger partial charge in [-0.25, -0.2) is 14.8 Å². The first-order valence-corrected chi connectivity index (χ1v) is 11.4. The highest BCUT2D eigenvalue weighted by molar-refractivity contribution is 7.08. The summed E-state index contributed by atoms with van der Waals surface area (Å²) in [6.45, 7) is 4.12. The highest BCUT2D eigenvalue weighted by atomic mass is 32.1. The molecule has 12 heteroatoms. The third-order valence-electron chi connectivity index (χ3n) is 5.73. The van der Waals surface area contributed by atoms with Gasteiger partial charge >= 0.3 is 5.97 Å². The van der Waals surface area contributed by atoms with Crippen LogP contribution in [-0.4, -0.2) is 68.1 Å². The van der Waals surface area contributed by atoms with E-state index in [4.69, 9.17) is 9.57 Å². The Bertz CT molecular complexity index is 1270. The maximum atomic E-state index is 12.9. The summed E-state index contributed by atoms with van der Waals surface area (Å²) in [6, 6.07) is 1.79. The predicted molar refractivity (Wildman–Crippen MR) is 122 cm³/mol. The second kappa shape index (κ2) is 8.87. The average Bonchev–Trinajstić information content (AvgIpc) is 3.30. The Kier molecular flexibility index (Phi) is 5.77. The molecule has 0 unspecified atom stereocenters. The van der Waals surface area contributed by atoms with Crippen LogP contribution in [0.25, 0.3) is 16.2 Å². The number of nitrogens with zero attached hydrogens (tertiary/aromatic N) is 6. The van der Waals surface area contributed by atoms with Gasteiger partial charge in [-0.1, -0.05) is 5.16 Å². The van der Waals surface area contributed by atoms with Gasteiger partial charge < -0.3 is 19.6 Å². The van der Waals surface area contributed by atoms with Crippen molar-refractivity contribution < 1.29 is 19.5 Å². The molecule has 0 radical (unpaired) electrons. The Labute approximate surface area is 192 Å². The summed E-state index contributed by atoms with van der Waals surface area (Å²) in [4.78, 5) is 40.8. The van der Waals surface area contributed by atoms with E-state index in [1.807, 2.05) is 4.90 Å². The van der Waals surface area contributed by atoms with Crippen LogP contribution in [0.4, 0.5) is 5.82 Å². The van der Waals surface area contributed by atoms with Crippen LogP contribution >= 0.6 is 11.5 Å². The number of oxime groups is 1. The molecule has 3 aromatic rings. The lowest BCUT2D eigenvalue weighted by Crippen LogP contribution is -2.48. The first-order chi connectivity index (χ1) is 16.0. The van der Waals surface area contributed by atoms with Crippen LogP contribution in [-0.2, 0) is 9.57 Å². The van der Waals surface area contributed by atoms with Crippen molar-refractivity contribution >= 4 is 40.1 Å². The number of hydrogen-bond acceptors (Lipinski definition) is 10. The number of hydrogen-bond donors (Lipinski definition) is 1. The Hall–Kier alpha value is -3.38. The molecule has 0 saturated carbocycles. The number of carboxylic acid groups (broad SMARTS) is 1. The van der Waals surface area contributed by atoms with E-state index in [1.165, 1.54) is 17.1 Å². The van der Waals surface area contributed by atoms with Crippen LogP contribution in [0.15, 0.2) is 28.5 Å². The lowest BCUT2D eigenvalue weighted by Gasteiger charge is -2.33. The molecule has 172 valence electrons. The number of carbonyl (C=O) groups is 1. The second-order valence-corrected chi connectivity index (χ2v) is 8.82. The van der Waals surface area contributed by atoms with E-state index >= 15 is 0 Å². The molecule has 1 N–H and O–H groups in total. The number of rotatable bonds is 6. The van der Waals surface area contributed by atoms with E-state index in [0.29, 0.717) is 41.9 Å². The minimum atomic E-state index is -1.30. The van der Waals surface area contributed by atoms with Crippen LogP contribution in [0.5, 0.6) is 0 Å². The molecule has 0 amide bonds. The lowest BCUT2D eigenvalue weighted by molar-refractivity contribution is -0.0398. The Balaban J connectivity index is 1.41. The first kappa shape index (κ1) is 21.5. The van der Waals surface area contributed by atoms with Crippen molar-refractivity contribution in [2.75, 3.05) is 31.2 Å². The lowest BCUT2D eigenvalue weighted by atomic mass is 10.1. The molecule has 1 atom stereocenters. The molecule has 0 bridgehead atoms. The molecule has 5 rings (SSSR count). The third-order valence-corrected chi connectivity index (χ3v) is 6.39. The molecule has 3 aromatic heterocycles. The zero-order valence-electron chi connectivity index (χ0n) is 17.9. The minimum Gasteiger partial charge on any atom is -0.477 e. The number of aromatic nitrogens is 4. The first-order valence-electron chi connectivity index (χ1n) is 10.6. The van der Waals surface area contributed by atoms with Gasteiger partial charge in [0.15, 0.2) is 5.65 Å². The van der Waals surface area contributed by atoms with Crippen LogP contribution < -0.4 is 10.3 Å². The third kappa shape index (κ3) is 4.18. The summed E-state index contributed by atoms with van der Waals surface area (Å²) in [5, 5.41) is 14.4. The van der Waals surface area contributed by atoms with Crippen LogP contribution in [0.1, 0.15) is 35.2 Å². The smallest absolute Gasteiger partial charge is 0.341 e. The number of pyridine rings is 2. The minimum absolute atomic E-state index is 0.108. The SMILES string of the molecule is Cc1cc(N2CC(=NOC[C@@H]3CCCCO3)C2)nc2c1c(=O)c(C(=O)O)cn2-c1ncns1. The van der Waals surface area contributed by atoms with E-state index in [1.54, 1.807) is 13.0 Å². The summed E-state index contributed by atoms with van der Waals surface area (Å²) in [6.07, 6.45) is 5.99. The highest BCUT2D eigenvalue weighted by Crippen LogP contribution is 2.26. The highest BCUT2D eigenvalue weighted by Gasteiger charge is 2.27. The standard InChI is InChI=1S/C21H22N6O5S/c1-12-6-16(26-7-13(8-26)25-32-10-14-4-2-3-5-31-14)24-19-17(12)18(28)15(20(29)30)9-27(19)21-22-11-23-33-21/h6,9,11,14H,2-5,7-8,10H2,1H3,(H,29,30)/t14-/m0/s1. The fraction of sp³-hybridized carbons (Fsp3) is 0.429. The molecule has 2 aliphatic rings. The van der Waals surface area contributed by atoms with Gasteiger partial charge in [0.25, 0.3) is 0 Å². The van der Waals surface area contributed by atoms with Gasteiger partial charge in [0, 0.05) is 24.3 Å². The van der Waals surface area contributed by atoms with Crippen LogP contribution in [0.3, 0.4) is 0 Å². The van der Waals surface area contributed by atoms with Crippen molar-refractivity contribution in [3.8, 4) is 5.13 Å². The van der Waals surface area contributed by atoms with Gasteiger partial charge in [0.05, 0.1) is 30.3 Å². The van der Waals surface area contributed by atoms with Crippen molar-refractivity contribution in [1.29, 1.82) is 0 Å². The maximum Gasteiger partial charge on any atom is 0.341 e. The van der Waals surface area contributed by atoms with E-state index < -0.39 is 11.4 Å². The van der Waals surface area contributed by atoms with Crippen molar-refractivity contribution in [3.63, 3.8) is 0 Å². The summed E-state index contributed by atoms with van der Waals surface area (Å²) in [5.41, 5.74) is 0.963. The molecule has 5 heterocycles. The largest absolute Gasteiger partial charge is 0.477 e. The molecular formula is C21H22N6O5S. The fourth-order valence-electron chi connectivity index (χ4n) is 3.98.